The zero-order valence-corrected chi connectivity index (χ0v) is 11.3. The van der Waals surface area contributed by atoms with Crippen LogP contribution in [0.4, 0.5) is 4.79 Å². The third kappa shape index (κ3) is 2.47. The first kappa shape index (κ1) is 14.5. The summed E-state index contributed by atoms with van der Waals surface area (Å²) in [4.78, 5) is 35.9. The number of carboxylic acid groups (broad SMARTS) is 1. The number of carbonyl (C=O) groups is 3. The maximum Gasteiger partial charge on any atom is 0.418 e. The van der Waals surface area contributed by atoms with Crippen molar-refractivity contribution >= 4 is 18.0 Å². The van der Waals surface area contributed by atoms with Crippen molar-refractivity contribution in [3.05, 3.63) is 0 Å². The van der Waals surface area contributed by atoms with Crippen molar-refractivity contribution in [3.63, 3.8) is 0 Å². The molecule has 0 saturated carbocycles. The molecule has 1 saturated heterocycles. The van der Waals surface area contributed by atoms with E-state index in [4.69, 9.17) is 4.74 Å². The van der Waals surface area contributed by atoms with Gasteiger partial charge in [0.05, 0.1) is 0 Å². The van der Waals surface area contributed by atoms with Crippen molar-refractivity contribution in [1.29, 1.82) is 0 Å². The maximum atomic E-state index is 12.0. The van der Waals surface area contributed by atoms with Gasteiger partial charge in [-0.15, -0.1) is 0 Å². The molecule has 18 heavy (non-hydrogen) atoms. The summed E-state index contributed by atoms with van der Waals surface area (Å²) in [6, 6.07) is 0. The highest BCUT2D eigenvalue weighted by atomic mass is 16.6. The molecular formula is C12H19NO5. The molecule has 1 rings (SSSR count). The molecule has 0 aliphatic carbocycles. The molecule has 6 nitrogen and oxygen atoms in total. The van der Waals surface area contributed by atoms with E-state index >= 15 is 0 Å². The summed E-state index contributed by atoms with van der Waals surface area (Å²) in [5.41, 5.74) is -2.30. The van der Waals surface area contributed by atoms with E-state index < -0.39 is 35.0 Å². The lowest BCUT2D eigenvalue weighted by Crippen LogP contribution is -2.53. The van der Waals surface area contributed by atoms with Gasteiger partial charge in [0, 0.05) is 5.92 Å². The van der Waals surface area contributed by atoms with E-state index in [1.807, 2.05) is 0 Å². The van der Waals surface area contributed by atoms with Gasteiger partial charge >= 0.3 is 12.1 Å². The molecule has 1 aliphatic rings. The molecule has 0 aromatic carbocycles. The predicted molar refractivity (Wildman–Crippen MR) is 62.9 cm³/mol. The highest BCUT2D eigenvalue weighted by molar-refractivity contribution is 6.02. The summed E-state index contributed by atoms with van der Waals surface area (Å²) in [5, 5.41) is 9.22. The van der Waals surface area contributed by atoms with E-state index in [9.17, 15) is 19.5 Å². The fourth-order valence-corrected chi connectivity index (χ4v) is 2.02. The number of hydrogen-bond acceptors (Lipinski definition) is 4. The van der Waals surface area contributed by atoms with Gasteiger partial charge in [0.1, 0.15) is 11.1 Å². The number of amides is 2. The van der Waals surface area contributed by atoms with Gasteiger partial charge in [0.15, 0.2) is 0 Å². The Morgan fingerprint density at radius 2 is 1.94 bits per heavy atom. The minimum Gasteiger partial charge on any atom is -0.479 e. The van der Waals surface area contributed by atoms with Gasteiger partial charge in [-0.2, -0.15) is 0 Å². The van der Waals surface area contributed by atoms with Gasteiger partial charge in [-0.05, 0) is 34.1 Å². The second-order valence-electron chi connectivity index (χ2n) is 5.84. The van der Waals surface area contributed by atoms with E-state index in [0.29, 0.717) is 0 Å². The van der Waals surface area contributed by atoms with Crippen molar-refractivity contribution in [2.45, 2.75) is 52.2 Å². The van der Waals surface area contributed by atoms with Crippen LogP contribution in [-0.4, -0.2) is 39.1 Å². The summed E-state index contributed by atoms with van der Waals surface area (Å²) in [6.45, 7) is 7.95. The molecule has 102 valence electrons. The number of carbonyl (C=O) groups excluding carboxylic acids is 2. The van der Waals surface area contributed by atoms with Gasteiger partial charge < -0.3 is 9.84 Å². The molecule has 1 aliphatic heterocycles. The topological polar surface area (TPSA) is 83.9 Å². The minimum absolute atomic E-state index is 0.0976. The first-order valence-corrected chi connectivity index (χ1v) is 5.79. The lowest BCUT2D eigenvalue weighted by molar-refractivity contribution is -0.152. The van der Waals surface area contributed by atoms with E-state index in [1.54, 1.807) is 27.7 Å². The van der Waals surface area contributed by atoms with Gasteiger partial charge in [0.2, 0.25) is 5.91 Å². The smallest absolute Gasteiger partial charge is 0.418 e. The van der Waals surface area contributed by atoms with Crippen molar-refractivity contribution in [2.75, 3.05) is 0 Å². The average Bonchev–Trinajstić information content (AvgIpc) is 2.36. The van der Waals surface area contributed by atoms with Gasteiger partial charge in [-0.25, -0.2) is 14.5 Å². The number of ether oxygens (including phenoxy) is 1. The van der Waals surface area contributed by atoms with Crippen molar-refractivity contribution in [3.8, 4) is 0 Å². The monoisotopic (exact) mass is 257 g/mol. The Bertz CT molecular complexity index is 398. The number of carboxylic acids is 1. The Balaban J connectivity index is 3.07. The standard InChI is InChI=1S/C12H19NO5/c1-7-6-12(5,9(15)16)13(8(7)14)10(17)18-11(2,3)4/h7H,6H2,1-5H3,(H,15,16). The third-order valence-electron chi connectivity index (χ3n) is 2.88. The van der Waals surface area contributed by atoms with E-state index in [2.05, 4.69) is 0 Å². The summed E-state index contributed by atoms with van der Waals surface area (Å²) in [6.07, 6.45) is -0.804. The molecule has 2 atom stereocenters. The van der Waals surface area contributed by atoms with Gasteiger partial charge in [-0.3, -0.25) is 4.79 Å². The zero-order valence-electron chi connectivity index (χ0n) is 11.3. The predicted octanol–water partition coefficient (Wildman–Crippen LogP) is 1.63. The number of likely N-dealkylation sites (tertiary alicyclic amines) is 1. The van der Waals surface area contributed by atoms with Gasteiger partial charge in [-0.1, -0.05) is 6.92 Å². The number of hydrogen-bond donors (Lipinski definition) is 1. The van der Waals surface area contributed by atoms with Crippen LogP contribution in [0.25, 0.3) is 0 Å². The Hall–Kier alpha value is -1.59. The lowest BCUT2D eigenvalue weighted by Gasteiger charge is -2.31. The minimum atomic E-state index is -1.53. The summed E-state index contributed by atoms with van der Waals surface area (Å²) < 4.78 is 5.09. The van der Waals surface area contributed by atoms with Crippen molar-refractivity contribution in [1.82, 2.24) is 4.90 Å². The largest absolute Gasteiger partial charge is 0.479 e. The van der Waals surface area contributed by atoms with Crippen LogP contribution in [0.2, 0.25) is 0 Å². The summed E-state index contributed by atoms with van der Waals surface area (Å²) in [7, 11) is 0. The first-order chi connectivity index (χ1) is 7.99. The Morgan fingerprint density at radius 3 is 2.33 bits per heavy atom. The fraction of sp³-hybridized carbons (Fsp3) is 0.750. The van der Waals surface area contributed by atoms with Crippen LogP contribution >= 0.6 is 0 Å². The number of nitrogens with zero attached hydrogens (tertiary/aromatic N) is 1. The van der Waals surface area contributed by atoms with Gasteiger partial charge in [0.25, 0.3) is 0 Å². The molecule has 0 bridgehead atoms. The van der Waals surface area contributed by atoms with Crippen LogP contribution in [0.1, 0.15) is 41.0 Å². The quantitative estimate of drug-likeness (QED) is 0.771. The van der Waals surface area contributed by atoms with Crippen LogP contribution < -0.4 is 0 Å². The Morgan fingerprint density at radius 1 is 1.44 bits per heavy atom. The molecule has 0 aromatic heterocycles. The normalized spacial score (nSPS) is 28.4. The van der Waals surface area contributed by atoms with Crippen LogP contribution in [0.5, 0.6) is 0 Å². The second-order valence-corrected chi connectivity index (χ2v) is 5.84. The summed E-state index contributed by atoms with van der Waals surface area (Å²) in [5.74, 6) is -2.21. The van der Waals surface area contributed by atoms with E-state index in [0.717, 1.165) is 4.90 Å². The van der Waals surface area contributed by atoms with Crippen LogP contribution in [0.15, 0.2) is 0 Å². The highest BCUT2D eigenvalue weighted by Crippen LogP contribution is 2.35. The molecule has 2 amide bonds. The molecule has 2 unspecified atom stereocenters. The SMILES string of the molecule is CC1CC(C)(C(=O)O)N(C(=O)OC(C)(C)C)C1=O. The van der Waals surface area contributed by atoms with Crippen LogP contribution in [0.3, 0.4) is 0 Å². The van der Waals surface area contributed by atoms with Crippen molar-refractivity contribution in [2.24, 2.45) is 5.92 Å². The number of rotatable bonds is 1. The van der Waals surface area contributed by atoms with E-state index in [1.165, 1.54) is 6.92 Å². The number of imide groups is 1. The van der Waals surface area contributed by atoms with Crippen molar-refractivity contribution < 1.29 is 24.2 Å². The maximum absolute atomic E-state index is 12.0. The second kappa shape index (κ2) is 4.26. The molecular weight excluding hydrogens is 238 g/mol. The molecule has 0 radical (unpaired) electrons. The molecule has 0 spiro atoms. The average molecular weight is 257 g/mol. The van der Waals surface area contributed by atoms with Crippen LogP contribution in [-0.2, 0) is 14.3 Å². The summed E-state index contributed by atoms with van der Waals surface area (Å²) >= 11 is 0. The van der Waals surface area contributed by atoms with E-state index in [-0.39, 0.29) is 6.42 Å². The number of aliphatic carboxylic acids is 1. The Labute approximate surface area is 106 Å². The Kier molecular flexibility index (Phi) is 3.42. The molecule has 1 heterocycles. The molecule has 1 N–H and O–H groups in total. The highest BCUT2D eigenvalue weighted by Gasteiger charge is 2.55. The van der Waals surface area contributed by atoms with Crippen LogP contribution in [0, 0.1) is 5.92 Å². The molecule has 6 heteroatoms. The first-order valence-electron chi connectivity index (χ1n) is 5.79. The lowest BCUT2D eigenvalue weighted by atomic mass is 9.95. The molecule has 0 aromatic rings. The third-order valence-corrected chi connectivity index (χ3v) is 2.88. The zero-order chi connectivity index (χ0) is 14.3. The molecule has 1 fully saturated rings. The fourth-order valence-electron chi connectivity index (χ4n) is 2.02.